The molecular weight excluding hydrogens is 506 g/mol. The fraction of sp³-hybridized carbons (Fsp3) is 0.125. The largest absolute Gasteiger partial charge is 0.504 e. The molecule has 1 fully saturated rings. The van der Waals surface area contributed by atoms with E-state index in [2.05, 4.69) is 26.1 Å². The Balaban J connectivity index is 1.62. The van der Waals surface area contributed by atoms with E-state index in [1.54, 1.807) is 48.9 Å². The van der Waals surface area contributed by atoms with Gasteiger partial charge in [0.1, 0.15) is 5.76 Å². The highest BCUT2D eigenvalue weighted by Gasteiger charge is 2.34. The number of nitrogens with zero attached hydrogens (tertiary/aromatic N) is 3. The van der Waals surface area contributed by atoms with Crippen LogP contribution in [0.2, 0.25) is 0 Å². The third-order valence-electron chi connectivity index (χ3n) is 4.58. The molecule has 0 bridgehead atoms. The van der Waals surface area contributed by atoms with Crippen molar-refractivity contribution in [1.29, 1.82) is 0 Å². The van der Waals surface area contributed by atoms with Crippen LogP contribution in [0.15, 0.2) is 84.9 Å². The van der Waals surface area contributed by atoms with Crippen LogP contribution in [0.5, 0.6) is 11.5 Å². The molecule has 0 radical (unpaired) electrons. The number of rotatable bonds is 7. The van der Waals surface area contributed by atoms with Crippen LogP contribution in [0.1, 0.15) is 23.8 Å². The fourth-order valence-corrected chi connectivity index (χ4v) is 4.22. The lowest BCUT2D eigenvalue weighted by atomic mass is 10.2. The van der Waals surface area contributed by atoms with E-state index < -0.39 is 0 Å². The smallest absolute Gasteiger partial charge is 0.267 e. The summed E-state index contributed by atoms with van der Waals surface area (Å²) in [5.41, 5.74) is 1.61. The number of aromatic hydroxyl groups is 1. The monoisotopic (exact) mass is 525 g/mol. The summed E-state index contributed by atoms with van der Waals surface area (Å²) in [5.74, 6) is 0.842. The minimum atomic E-state index is -0.208. The topological polar surface area (TPSA) is 87.6 Å². The van der Waals surface area contributed by atoms with Crippen molar-refractivity contribution in [3.05, 3.63) is 87.1 Å². The molecule has 1 amide bonds. The van der Waals surface area contributed by atoms with Crippen LogP contribution in [0.3, 0.4) is 0 Å². The maximum Gasteiger partial charge on any atom is 0.267 e. The highest BCUT2D eigenvalue weighted by Crippen LogP contribution is 2.35. The van der Waals surface area contributed by atoms with Crippen molar-refractivity contribution in [2.75, 3.05) is 6.61 Å². The molecular formula is C24H20BrN3O4S. The van der Waals surface area contributed by atoms with Gasteiger partial charge in [0.05, 0.1) is 30.5 Å². The average molecular weight is 526 g/mol. The lowest BCUT2D eigenvalue weighted by molar-refractivity contribution is -0.122. The van der Waals surface area contributed by atoms with Crippen LogP contribution >= 0.6 is 27.7 Å². The number of thioether (sulfide) groups is 1. The summed E-state index contributed by atoms with van der Waals surface area (Å²) in [6, 6.07) is 16.2. The van der Waals surface area contributed by atoms with Crippen molar-refractivity contribution in [2.24, 2.45) is 10.2 Å². The second-order valence-corrected chi connectivity index (χ2v) is 8.84. The van der Waals surface area contributed by atoms with Gasteiger partial charge in [-0.15, -0.1) is 5.10 Å². The number of phenols is 1. The average Bonchev–Trinajstić information content (AvgIpc) is 3.42. The quantitative estimate of drug-likeness (QED) is 0.244. The first-order valence-corrected chi connectivity index (χ1v) is 11.7. The van der Waals surface area contributed by atoms with Gasteiger partial charge in [-0.25, -0.2) is 0 Å². The number of phenolic OH excluding ortho intramolecular Hbond substituents is 1. The molecule has 0 aliphatic carbocycles. The zero-order valence-corrected chi connectivity index (χ0v) is 20.0. The fourth-order valence-electron chi connectivity index (χ4n) is 3.02. The van der Waals surface area contributed by atoms with Gasteiger partial charge in [-0.05, 0) is 72.3 Å². The Morgan fingerprint density at radius 1 is 1.18 bits per heavy atom. The van der Waals surface area contributed by atoms with Crippen LogP contribution in [-0.4, -0.2) is 33.9 Å². The first-order chi connectivity index (χ1) is 16.0. The van der Waals surface area contributed by atoms with E-state index in [0.717, 1.165) is 15.6 Å². The third-order valence-corrected chi connectivity index (χ3v) is 6.11. The molecule has 1 saturated heterocycles. The molecule has 9 heteroatoms. The van der Waals surface area contributed by atoms with Gasteiger partial charge in [0.15, 0.2) is 16.7 Å². The van der Waals surface area contributed by atoms with Crippen molar-refractivity contribution in [3.8, 4) is 11.5 Å². The Morgan fingerprint density at radius 3 is 2.70 bits per heavy atom. The minimum Gasteiger partial charge on any atom is -0.504 e. The van der Waals surface area contributed by atoms with E-state index >= 15 is 0 Å². The first kappa shape index (κ1) is 22.9. The van der Waals surface area contributed by atoms with E-state index in [1.807, 2.05) is 31.2 Å². The number of amides is 1. The molecule has 1 aliphatic heterocycles. The van der Waals surface area contributed by atoms with E-state index in [-0.39, 0.29) is 18.2 Å². The molecule has 0 atom stereocenters. The summed E-state index contributed by atoms with van der Waals surface area (Å²) in [5, 5.41) is 18.9. The molecule has 4 rings (SSSR count). The van der Waals surface area contributed by atoms with Gasteiger partial charge in [0.25, 0.3) is 5.91 Å². The number of hydrogen-bond donors (Lipinski definition) is 1. The van der Waals surface area contributed by atoms with Crippen molar-refractivity contribution in [1.82, 2.24) is 4.90 Å². The van der Waals surface area contributed by atoms with Gasteiger partial charge in [-0.2, -0.15) is 5.10 Å². The van der Waals surface area contributed by atoms with Crippen LogP contribution in [0, 0.1) is 0 Å². The zero-order chi connectivity index (χ0) is 23.2. The zero-order valence-electron chi connectivity index (χ0n) is 17.6. The summed E-state index contributed by atoms with van der Waals surface area (Å²) >= 11 is 4.63. The summed E-state index contributed by atoms with van der Waals surface area (Å²) in [6.45, 7) is 2.50. The third kappa shape index (κ3) is 5.74. The van der Waals surface area contributed by atoms with Gasteiger partial charge in [0.2, 0.25) is 0 Å². The Labute approximate surface area is 203 Å². The van der Waals surface area contributed by atoms with Crippen LogP contribution in [0.25, 0.3) is 6.08 Å². The standard InChI is InChI=1S/C24H20BrN3O4S/c1-2-31-21-12-17(7-10-20(21)29)13-22-23(30)28(15-19-4-3-11-32-19)24(33-22)27-26-14-16-5-8-18(25)9-6-16/h3-14,29H,2,15H2,1H3/b22-13-,26-14-,27-24+. The molecule has 2 aromatic carbocycles. The lowest BCUT2D eigenvalue weighted by Crippen LogP contribution is -2.28. The van der Waals surface area contributed by atoms with Gasteiger partial charge in [0, 0.05) is 4.47 Å². The summed E-state index contributed by atoms with van der Waals surface area (Å²) in [4.78, 5) is 15.2. The summed E-state index contributed by atoms with van der Waals surface area (Å²) in [6.07, 6.45) is 4.94. The molecule has 1 N–H and O–H groups in total. The second-order valence-electron chi connectivity index (χ2n) is 6.92. The van der Waals surface area contributed by atoms with E-state index in [9.17, 15) is 9.90 Å². The Hall–Kier alpha value is -3.30. The van der Waals surface area contributed by atoms with Crippen LogP contribution in [-0.2, 0) is 11.3 Å². The van der Waals surface area contributed by atoms with Gasteiger partial charge in [-0.3, -0.25) is 9.69 Å². The molecule has 0 unspecified atom stereocenters. The molecule has 33 heavy (non-hydrogen) atoms. The molecule has 2 heterocycles. The summed E-state index contributed by atoms with van der Waals surface area (Å²) < 4.78 is 11.8. The number of halogens is 1. The van der Waals surface area contributed by atoms with Crippen molar-refractivity contribution in [2.45, 2.75) is 13.5 Å². The molecule has 3 aromatic rings. The van der Waals surface area contributed by atoms with Crippen molar-refractivity contribution >= 4 is 51.1 Å². The Bertz CT molecular complexity index is 1220. The van der Waals surface area contributed by atoms with Crippen LogP contribution in [0.4, 0.5) is 0 Å². The highest BCUT2D eigenvalue weighted by atomic mass is 79.9. The van der Waals surface area contributed by atoms with E-state index in [0.29, 0.717) is 28.2 Å². The number of ether oxygens (including phenoxy) is 1. The number of hydrogen-bond acceptors (Lipinski definition) is 7. The number of benzene rings is 2. The molecule has 7 nitrogen and oxygen atoms in total. The highest BCUT2D eigenvalue weighted by molar-refractivity contribution is 9.10. The second kappa shape index (κ2) is 10.5. The first-order valence-electron chi connectivity index (χ1n) is 10.1. The predicted molar refractivity (Wildman–Crippen MR) is 133 cm³/mol. The number of furan rings is 1. The normalized spacial score (nSPS) is 16.4. The number of carbonyl (C=O) groups is 1. The maximum atomic E-state index is 13.2. The Kier molecular flexibility index (Phi) is 7.31. The predicted octanol–water partition coefficient (Wildman–Crippen LogP) is 5.65. The van der Waals surface area contributed by atoms with Crippen molar-refractivity contribution in [3.63, 3.8) is 0 Å². The number of carbonyl (C=O) groups excluding carboxylic acids is 1. The molecule has 168 valence electrons. The summed E-state index contributed by atoms with van der Waals surface area (Å²) in [7, 11) is 0. The van der Waals surface area contributed by atoms with E-state index in [4.69, 9.17) is 9.15 Å². The Morgan fingerprint density at radius 2 is 1.97 bits per heavy atom. The van der Waals surface area contributed by atoms with Gasteiger partial charge < -0.3 is 14.3 Å². The van der Waals surface area contributed by atoms with Crippen LogP contribution < -0.4 is 4.74 Å². The number of amidine groups is 1. The lowest BCUT2D eigenvalue weighted by Gasteiger charge is -2.12. The molecule has 1 aliphatic rings. The molecule has 0 saturated carbocycles. The van der Waals surface area contributed by atoms with Gasteiger partial charge >= 0.3 is 0 Å². The minimum absolute atomic E-state index is 0.0494. The van der Waals surface area contributed by atoms with Gasteiger partial charge in [-0.1, -0.05) is 34.1 Å². The van der Waals surface area contributed by atoms with E-state index in [1.165, 1.54) is 16.7 Å². The maximum absolute atomic E-state index is 13.2. The SMILES string of the molecule is CCOc1cc(/C=C2\S/C(=N/N=C\c3ccc(Br)cc3)N(Cc3ccco3)C2=O)ccc1O. The molecule has 1 aromatic heterocycles. The molecule has 0 spiro atoms. The van der Waals surface area contributed by atoms with Crippen molar-refractivity contribution < 1.29 is 19.1 Å².